The topological polar surface area (TPSA) is 40.5 Å². The maximum Gasteiger partial charge on any atom is 0.231 e. The molecule has 0 bridgehead atoms. The van der Waals surface area contributed by atoms with Crippen molar-refractivity contribution in [2.75, 3.05) is 11.4 Å². The molecule has 0 radical (unpaired) electrons. The fraction of sp³-hybridized carbons (Fsp3) is 0.316. The lowest BCUT2D eigenvalue weighted by Crippen LogP contribution is -2.42. The molecule has 1 heterocycles. The summed E-state index contributed by atoms with van der Waals surface area (Å²) in [5.74, 6) is 0.0757. The number of carbonyl (C=O) groups excluding carboxylic acids is 1. The first-order chi connectivity index (χ1) is 10.5. The van der Waals surface area contributed by atoms with Gasteiger partial charge in [-0.3, -0.25) is 4.79 Å². The van der Waals surface area contributed by atoms with Crippen LogP contribution in [0.25, 0.3) is 0 Å². The normalized spacial score (nSPS) is 20.6. The average Bonchev–Trinajstić information content (AvgIpc) is 2.50. The van der Waals surface area contributed by atoms with Crippen molar-refractivity contribution in [1.82, 2.24) is 0 Å². The largest absolute Gasteiger partial charge is 0.385 e. The van der Waals surface area contributed by atoms with Crippen molar-refractivity contribution in [3.63, 3.8) is 0 Å². The Morgan fingerprint density at radius 2 is 1.86 bits per heavy atom. The van der Waals surface area contributed by atoms with Gasteiger partial charge in [0.15, 0.2) is 0 Å². The van der Waals surface area contributed by atoms with Crippen LogP contribution in [0.2, 0.25) is 0 Å². The first-order valence-corrected chi connectivity index (χ1v) is 7.65. The van der Waals surface area contributed by atoms with Gasteiger partial charge < -0.3 is 10.0 Å². The molecule has 1 aliphatic heterocycles. The number of hydrogen-bond acceptors (Lipinski definition) is 2. The molecule has 1 amide bonds. The van der Waals surface area contributed by atoms with Crippen molar-refractivity contribution < 1.29 is 9.90 Å². The van der Waals surface area contributed by atoms with E-state index in [0.717, 1.165) is 16.8 Å². The minimum absolute atomic E-state index is 0.0757. The van der Waals surface area contributed by atoms with E-state index in [1.54, 1.807) is 4.90 Å². The summed E-state index contributed by atoms with van der Waals surface area (Å²) in [7, 11) is 0. The van der Waals surface area contributed by atoms with Gasteiger partial charge in [-0.15, -0.1) is 0 Å². The maximum atomic E-state index is 12.7. The molecule has 0 spiro atoms. The number of fused-ring (bicyclic) bond motifs is 1. The van der Waals surface area contributed by atoms with Gasteiger partial charge in [-0.05, 0) is 31.9 Å². The Bertz CT molecular complexity index is 689. The number of rotatable bonds is 2. The molecule has 0 fully saturated rings. The molecular formula is C19H21NO2. The Hall–Kier alpha value is -2.13. The van der Waals surface area contributed by atoms with Crippen LogP contribution >= 0.6 is 0 Å². The Labute approximate surface area is 131 Å². The molecule has 1 aliphatic rings. The van der Waals surface area contributed by atoms with Crippen molar-refractivity contribution in [2.24, 2.45) is 0 Å². The number of benzene rings is 2. The predicted octanol–water partition coefficient (Wildman–Crippen LogP) is 3.18. The van der Waals surface area contributed by atoms with Crippen LogP contribution in [0.4, 0.5) is 5.69 Å². The first-order valence-electron chi connectivity index (χ1n) is 7.65. The summed E-state index contributed by atoms with van der Waals surface area (Å²) in [6, 6.07) is 15.7. The molecule has 3 heteroatoms. The molecule has 1 unspecified atom stereocenters. The lowest BCUT2D eigenvalue weighted by atomic mass is 9.87. The lowest BCUT2D eigenvalue weighted by molar-refractivity contribution is -0.118. The molecule has 2 aromatic rings. The number of anilines is 1. The van der Waals surface area contributed by atoms with E-state index in [9.17, 15) is 9.90 Å². The number of carbonyl (C=O) groups is 1. The highest BCUT2D eigenvalue weighted by Crippen LogP contribution is 2.37. The van der Waals surface area contributed by atoms with Gasteiger partial charge in [0, 0.05) is 17.8 Å². The van der Waals surface area contributed by atoms with E-state index in [1.807, 2.05) is 62.4 Å². The second kappa shape index (κ2) is 5.58. The molecule has 0 saturated heterocycles. The summed E-state index contributed by atoms with van der Waals surface area (Å²) in [5.41, 5.74) is 3.01. The van der Waals surface area contributed by atoms with Gasteiger partial charge in [0.05, 0.1) is 12.0 Å². The molecule has 1 N–H and O–H groups in total. The third-order valence-electron chi connectivity index (χ3n) is 4.37. The summed E-state index contributed by atoms with van der Waals surface area (Å²) < 4.78 is 0. The van der Waals surface area contributed by atoms with Gasteiger partial charge in [-0.25, -0.2) is 0 Å². The standard InChI is InChI=1S/C19H21NO2/c1-14-7-9-15(10-8-14)13-18(21)20-12-11-19(2,22)16-5-3-4-6-17(16)20/h3-10,22H,11-13H2,1-2H3. The summed E-state index contributed by atoms with van der Waals surface area (Å²) in [6.45, 7) is 4.40. The molecule has 2 aromatic carbocycles. The summed E-state index contributed by atoms with van der Waals surface area (Å²) in [4.78, 5) is 14.5. The molecular weight excluding hydrogens is 274 g/mol. The van der Waals surface area contributed by atoms with Crippen molar-refractivity contribution >= 4 is 11.6 Å². The second-order valence-corrected chi connectivity index (χ2v) is 6.25. The van der Waals surface area contributed by atoms with Gasteiger partial charge >= 0.3 is 0 Å². The highest BCUT2D eigenvalue weighted by Gasteiger charge is 2.34. The molecule has 3 nitrogen and oxygen atoms in total. The first kappa shape index (κ1) is 14.8. The van der Waals surface area contributed by atoms with E-state index in [-0.39, 0.29) is 5.91 Å². The van der Waals surface area contributed by atoms with E-state index >= 15 is 0 Å². The Morgan fingerprint density at radius 3 is 2.59 bits per heavy atom. The molecule has 22 heavy (non-hydrogen) atoms. The van der Waals surface area contributed by atoms with E-state index in [0.29, 0.717) is 19.4 Å². The van der Waals surface area contributed by atoms with Gasteiger partial charge in [-0.1, -0.05) is 48.0 Å². The quantitative estimate of drug-likeness (QED) is 0.924. The number of para-hydroxylation sites is 1. The Balaban J connectivity index is 1.86. The molecule has 114 valence electrons. The third kappa shape index (κ3) is 2.77. The minimum atomic E-state index is -0.864. The Morgan fingerprint density at radius 1 is 1.18 bits per heavy atom. The Kier molecular flexibility index (Phi) is 3.75. The maximum absolute atomic E-state index is 12.7. The molecule has 0 saturated carbocycles. The van der Waals surface area contributed by atoms with Crippen LogP contribution < -0.4 is 4.90 Å². The van der Waals surface area contributed by atoms with Crippen LogP contribution in [0.1, 0.15) is 30.0 Å². The van der Waals surface area contributed by atoms with E-state index in [2.05, 4.69) is 0 Å². The van der Waals surface area contributed by atoms with Crippen molar-refractivity contribution in [3.05, 3.63) is 65.2 Å². The predicted molar refractivity (Wildman–Crippen MR) is 87.9 cm³/mol. The summed E-state index contributed by atoms with van der Waals surface area (Å²) in [5, 5.41) is 10.5. The second-order valence-electron chi connectivity index (χ2n) is 6.25. The highest BCUT2D eigenvalue weighted by molar-refractivity contribution is 5.96. The number of hydrogen-bond donors (Lipinski definition) is 1. The van der Waals surface area contributed by atoms with Crippen molar-refractivity contribution in [2.45, 2.75) is 32.3 Å². The molecule has 0 aromatic heterocycles. The fourth-order valence-electron chi connectivity index (χ4n) is 2.98. The van der Waals surface area contributed by atoms with Crippen LogP contribution in [0.15, 0.2) is 48.5 Å². The number of nitrogens with zero attached hydrogens (tertiary/aromatic N) is 1. The van der Waals surface area contributed by atoms with Crippen LogP contribution in [0.3, 0.4) is 0 Å². The van der Waals surface area contributed by atoms with Gasteiger partial charge in [0.2, 0.25) is 5.91 Å². The zero-order chi connectivity index (χ0) is 15.7. The highest BCUT2D eigenvalue weighted by atomic mass is 16.3. The SMILES string of the molecule is Cc1ccc(CC(=O)N2CCC(C)(O)c3ccccc32)cc1. The van der Waals surface area contributed by atoms with Crippen LogP contribution in [0, 0.1) is 6.92 Å². The summed E-state index contributed by atoms with van der Waals surface area (Å²) >= 11 is 0. The molecule has 3 rings (SSSR count). The monoisotopic (exact) mass is 295 g/mol. The average molecular weight is 295 g/mol. The van der Waals surface area contributed by atoms with Gasteiger partial charge in [0.25, 0.3) is 0 Å². The fourth-order valence-corrected chi connectivity index (χ4v) is 2.98. The van der Waals surface area contributed by atoms with E-state index in [1.165, 1.54) is 5.56 Å². The number of amides is 1. The zero-order valence-electron chi connectivity index (χ0n) is 13.0. The van der Waals surface area contributed by atoms with Crippen molar-refractivity contribution in [3.8, 4) is 0 Å². The van der Waals surface area contributed by atoms with E-state index in [4.69, 9.17) is 0 Å². The van der Waals surface area contributed by atoms with Crippen molar-refractivity contribution in [1.29, 1.82) is 0 Å². The smallest absolute Gasteiger partial charge is 0.231 e. The third-order valence-corrected chi connectivity index (χ3v) is 4.37. The van der Waals surface area contributed by atoms with Gasteiger partial charge in [-0.2, -0.15) is 0 Å². The lowest BCUT2D eigenvalue weighted by Gasteiger charge is -2.38. The number of aliphatic hydroxyl groups is 1. The van der Waals surface area contributed by atoms with Crippen LogP contribution in [0.5, 0.6) is 0 Å². The van der Waals surface area contributed by atoms with Crippen LogP contribution in [-0.2, 0) is 16.8 Å². The molecule has 1 atom stereocenters. The van der Waals surface area contributed by atoms with Crippen LogP contribution in [-0.4, -0.2) is 17.6 Å². The summed E-state index contributed by atoms with van der Waals surface area (Å²) in [6.07, 6.45) is 0.945. The minimum Gasteiger partial charge on any atom is -0.385 e. The zero-order valence-corrected chi connectivity index (χ0v) is 13.0. The molecule has 0 aliphatic carbocycles. The van der Waals surface area contributed by atoms with E-state index < -0.39 is 5.60 Å². The number of aryl methyl sites for hydroxylation is 1. The van der Waals surface area contributed by atoms with Gasteiger partial charge in [0.1, 0.15) is 0 Å².